The van der Waals surface area contributed by atoms with E-state index >= 15 is 0 Å². The Labute approximate surface area is 190 Å². The number of hydrogen-bond acceptors (Lipinski definition) is 5. The highest BCUT2D eigenvalue weighted by molar-refractivity contribution is 6.30. The number of benzene rings is 2. The van der Waals surface area contributed by atoms with Crippen LogP contribution in [-0.2, 0) is 4.79 Å². The number of anilines is 1. The molecule has 8 heteroatoms. The lowest BCUT2D eigenvalue weighted by Crippen LogP contribution is -2.42. The van der Waals surface area contributed by atoms with Crippen LogP contribution in [0.4, 0.5) is 5.69 Å². The molecule has 0 radical (unpaired) electrons. The van der Waals surface area contributed by atoms with E-state index < -0.39 is 5.60 Å². The second-order valence-corrected chi connectivity index (χ2v) is 7.90. The number of carbonyl (C=O) groups excluding carboxylic acids is 1. The molecule has 0 saturated heterocycles. The molecule has 2 aromatic carbocycles. The fraction of sp³-hybridized carbons (Fsp3) is 0.125. The number of hydrogen-bond donors (Lipinski definition) is 1. The van der Waals surface area contributed by atoms with Crippen LogP contribution in [0.2, 0.25) is 5.02 Å². The van der Waals surface area contributed by atoms with Crippen molar-refractivity contribution in [1.82, 2.24) is 14.8 Å². The second kappa shape index (κ2) is 9.11. The number of aromatic nitrogens is 3. The van der Waals surface area contributed by atoms with E-state index in [0.29, 0.717) is 33.9 Å². The van der Waals surface area contributed by atoms with Gasteiger partial charge in [-0.25, -0.2) is 0 Å². The van der Waals surface area contributed by atoms with Crippen molar-refractivity contribution < 1.29 is 14.3 Å². The Morgan fingerprint density at radius 3 is 2.19 bits per heavy atom. The predicted octanol–water partition coefficient (Wildman–Crippen LogP) is 5.51. The first-order valence-electron chi connectivity index (χ1n) is 9.90. The van der Waals surface area contributed by atoms with E-state index in [4.69, 9.17) is 21.1 Å². The minimum absolute atomic E-state index is 0.285. The maximum Gasteiger partial charge on any atom is 0.267 e. The van der Waals surface area contributed by atoms with Crippen LogP contribution in [0.3, 0.4) is 0 Å². The minimum Gasteiger partial charge on any atom is -0.478 e. The molecule has 0 saturated carbocycles. The molecule has 2 aromatic heterocycles. The standard InChI is InChI=1S/C24H21ClN4O3/c1-24(2,32-20-9-5-17(25)6-10-20)23(30)26-18-7-11-19(12-8-18)31-22-14-13-21(27-28-22)29-15-3-4-16-29/h3-16H,1-2H3,(H,26,30). The SMILES string of the molecule is CC(C)(Oc1ccc(Cl)cc1)C(=O)Nc1ccc(Oc2ccc(-n3cccc3)nn2)cc1. The fourth-order valence-electron chi connectivity index (χ4n) is 2.84. The van der Waals surface area contributed by atoms with Gasteiger partial charge in [0.25, 0.3) is 5.91 Å². The van der Waals surface area contributed by atoms with Gasteiger partial charge in [-0.3, -0.25) is 4.79 Å². The summed E-state index contributed by atoms with van der Waals surface area (Å²) in [6.45, 7) is 3.40. The van der Waals surface area contributed by atoms with Crippen LogP contribution in [0.5, 0.6) is 17.4 Å². The van der Waals surface area contributed by atoms with Gasteiger partial charge in [0.2, 0.25) is 5.88 Å². The lowest BCUT2D eigenvalue weighted by molar-refractivity contribution is -0.128. The van der Waals surface area contributed by atoms with Crippen molar-refractivity contribution in [2.45, 2.75) is 19.4 Å². The minimum atomic E-state index is -1.08. The Hall–Kier alpha value is -3.84. The lowest BCUT2D eigenvalue weighted by Gasteiger charge is -2.25. The summed E-state index contributed by atoms with van der Waals surface area (Å²) in [5.41, 5.74) is -0.468. The highest BCUT2D eigenvalue weighted by Gasteiger charge is 2.30. The quantitative estimate of drug-likeness (QED) is 0.403. The molecule has 7 nitrogen and oxygen atoms in total. The summed E-state index contributed by atoms with van der Waals surface area (Å²) in [5, 5.41) is 11.7. The molecule has 2 heterocycles. The monoisotopic (exact) mass is 448 g/mol. The van der Waals surface area contributed by atoms with Gasteiger partial charge < -0.3 is 19.4 Å². The zero-order chi connectivity index (χ0) is 22.6. The van der Waals surface area contributed by atoms with Crippen LogP contribution < -0.4 is 14.8 Å². The van der Waals surface area contributed by atoms with E-state index in [1.807, 2.05) is 35.2 Å². The van der Waals surface area contributed by atoms with Crippen LogP contribution in [0, 0.1) is 0 Å². The van der Waals surface area contributed by atoms with Gasteiger partial charge >= 0.3 is 0 Å². The Morgan fingerprint density at radius 1 is 0.906 bits per heavy atom. The number of nitrogens with zero attached hydrogens (tertiary/aromatic N) is 3. The Balaban J connectivity index is 1.35. The molecule has 0 spiro atoms. The van der Waals surface area contributed by atoms with E-state index in [0.717, 1.165) is 0 Å². The summed E-state index contributed by atoms with van der Waals surface area (Å²) in [4.78, 5) is 12.7. The van der Waals surface area contributed by atoms with Crippen LogP contribution >= 0.6 is 11.6 Å². The maximum absolute atomic E-state index is 12.7. The molecule has 32 heavy (non-hydrogen) atoms. The first-order chi connectivity index (χ1) is 15.4. The zero-order valence-electron chi connectivity index (χ0n) is 17.5. The van der Waals surface area contributed by atoms with Crippen molar-refractivity contribution in [2.24, 2.45) is 0 Å². The van der Waals surface area contributed by atoms with Gasteiger partial charge in [-0.05, 0) is 80.6 Å². The zero-order valence-corrected chi connectivity index (χ0v) is 18.3. The van der Waals surface area contributed by atoms with Crippen molar-refractivity contribution in [3.8, 4) is 23.2 Å². The van der Waals surface area contributed by atoms with Gasteiger partial charge in [0, 0.05) is 29.2 Å². The van der Waals surface area contributed by atoms with Gasteiger partial charge in [0.1, 0.15) is 11.5 Å². The topological polar surface area (TPSA) is 78.3 Å². The van der Waals surface area contributed by atoms with Crippen molar-refractivity contribution in [1.29, 1.82) is 0 Å². The van der Waals surface area contributed by atoms with E-state index in [2.05, 4.69) is 15.5 Å². The summed E-state index contributed by atoms with van der Waals surface area (Å²) in [7, 11) is 0. The first kappa shape index (κ1) is 21.4. The smallest absolute Gasteiger partial charge is 0.267 e. The second-order valence-electron chi connectivity index (χ2n) is 7.47. The number of carbonyl (C=O) groups is 1. The Morgan fingerprint density at radius 2 is 1.56 bits per heavy atom. The summed E-state index contributed by atoms with van der Waals surface area (Å²) in [6.07, 6.45) is 3.78. The average molecular weight is 449 g/mol. The molecule has 1 N–H and O–H groups in total. The van der Waals surface area contributed by atoms with Crippen molar-refractivity contribution >= 4 is 23.2 Å². The molecule has 4 rings (SSSR count). The summed E-state index contributed by atoms with van der Waals surface area (Å²) in [6, 6.07) is 21.2. The van der Waals surface area contributed by atoms with Crippen LogP contribution in [0.15, 0.2) is 85.2 Å². The summed E-state index contributed by atoms with van der Waals surface area (Å²) < 4.78 is 13.4. The van der Waals surface area contributed by atoms with Crippen molar-refractivity contribution in [3.63, 3.8) is 0 Å². The molecule has 4 aromatic rings. The lowest BCUT2D eigenvalue weighted by atomic mass is 10.1. The molecule has 0 unspecified atom stereocenters. The summed E-state index contributed by atoms with van der Waals surface area (Å²) in [5.74, 6) is 1.91. The Bertz CT molecular complexity index is 1170. The van der Waals surface area contributed by atoms with Crippen LogP contribution in [0.25, 0.3) is 5.82 Å². The molecule has 1 amide bonds. The molecular weight excluding hydrogens is 428 g/mol. The average Bonchev–Trinajstić information content (AvgIpc) is 3.32. The predicted molar refractivity (Wildman–Crippen MR) is 123 cm³/mol. The molecular formula is C24H21ClN4O3. The van der Waals surface area contributed by atoms with Crippen LogP contribution in [-0.4, -0.2) is 26.3 Å². The van der Waals surface area contributed by atoms with Gasteiger partial charge in [-0.2, -0.15) is 0 Å². The third kappa shape index (κ3) is 5.25. The third-order valence-electron chi connectivity index (χ3n) is 4.56. The molecule has 0 fully saturated rings. The molecule has 0 aliphatic carbocycles. The number of nitrogens with one attached hydrogen (secondary N) is 1. The summed E-state index contributed by atoms with van der Waals surface area (Å²) >= 11 is 5.89. The number of amides is 1. The van der Waals surface area contributed by atoms with Crippen molar-refractivity contribution in [3.05, 3.63) is 90.2 Å². The number of ether oxygens (including phenoxy) is 2. The normalized spacial score (nSPS) is 11.1. The van der Waals surface area contributed by atoms with E-state index in [1.165, 1.54) is 0 Å². The fourth-order valence-corrected chi connectivity index (χ4v) is 2.97. The molecule has 0 aliphatic rings. The van der Waals surface area contributed by atoms with Gasteiger partial charge in [-0.15, -0.1) is 10.2 Å². The highest BCUT2D eigenvalue weighted by Crippen LogP contribution is 2.24. The molecule has 162 valence electrons. The van der Waals surface area contributed by atoms with Gasteiger partial charge in [-0.1, -0.05) is 11.6 Å². The number of halogens is 1. The third-order valence-corrected chi connectivity index (χ3v) is 4.82. The molecule has 0 aliphatic heterocycles. The largest absolute Gasteiger partial charge is 0.478 e. The Kier molecular flexibility index (Phi) is 6.09. The molecule has 0 atom stereocenters. The highest BCUT2D eigenvalue weighted by atomic mass is 35.5. The van der Waals surface area contributed by atoms with E-state index in [9.17, 15) is 4.79 Å². The maximum atomic E-state index is 12.7. The van der Waals surface area contributed by atoms with Gasteiger partial charge in [0.05, 0.1) is 0 Å². The molecule has 0 bridgehead atoms. The van der Waals surface area contributed by atoms with E-state index in [1.54, 1.807) is 68.4 Å². The number of rotatable bonds is 7. The van der Waals surface area contributed by atoms with Crippen molar-refractivity contribution in [2.75, 3.05) is 5.32 Å². The van der Waals surface area contributed by atoms with E-state index in [-0.39, 0.29) is 5.91 Å². The first-order valence-corrected chi connectivity index (χ1v) is 10.3. The van der Waals surface area contributed by atoms with Crippen LogP contribution in [0.1, 0.15) is 13.8 Å². The van der Waals surface area contributed by atoms with Gasteiger partial charge in [0.15, 0.2) is 11.4 Å².